The lowest BCUT2D eigenvalue weighted by Crippen LogP contribution is -2.24. The third-order valence-corrected chi connectivity index (χ3v) is 6.51. The summed E-state index contributed by atoms with van der Waals surface area (Å²) in [5, 5.41) is 14.0. The van der Waals surface area contributed by atoms with Crippen LogP contribution in [0.3, 0.4) is 0 Å². The van der Waals surface area contributed by atoms with Gasteiger partial charge in [0.05, 0.1) is 17.9 Å². The van der Waals surface area contributed by atoms with E-state index in [1.54, 1.807) is 29.5 Å². The highest BCUT2D eigenvalue weighted by molar-refractivity contribution is 7.99. The van der Waals surface area contributed by atoms with Crippen molar-refractivity contribution in [3.8, 4) is 11.4 Å². The first kappa shape index (κ1) is 21.3. The number of hydrogen-bond donors (Lipinski definition) is 1. The van der Waals surface area contributed by atoms with Crippen molar-refractivity contribution in [3.05, 3.63) is 88.4 Å². The van der Waals surface area contributed by atoms with E-state index in [1.807, 2.05) is 40.3 Å². The average molecular weight is 453 g/mol. The van der Waals surface area contributed by atoms with Crippen LogP contribution in [0.25, 0.3) is 11.4 Å². The fourth-order valence-corrected chi connectivity index (χ4v) is 4.54. The third kappa shape index (κ3) is 5.59. The smallest absolute Gasteiger partial charge is 0.230 e. The Morgan fingerprint density at radius 3 is 2.61 bits per heavy atom. The molecule has 0 bridgehead atoms. The van der Waals surface area contributed by atoms with Crippen molar-refractivity contribution in [1.29, 1.82) is 0 Å². The number of aromatic nitrogens is 3. The number of carbonyl (C=O) groups excluding carboxylic acids is 1. The van der Waals surface area contributed by atoms with Crippen molar-refractivity contribution in [3.63, 3.8) is 0 Å². The second-order valence-corrected chi connectivity index (χ2v) is 8.79. The maximum absolute atomic E-state index is 14.4. The van der Waals surface area contributed by atoms with E-state index >= 15 is 0 Å². The first-order chi connectivity index (χ1) is 15.2. The number of benzene rings is 2. The first-order valence-corrected chi connectivity index (χ1v) is 11.7. The molecule has 2 aromatic carbocycles. The molecule has 0 aliphatic carbocycles. The molecule has 1 amide bonds. The summed E-state index contributed by atoms with van der Waals surface area (Å²) in [5.74, 6) is 0.256. The van der Waals surface area contributed by atoms with E-state index in [4.69, 9.17) is 0 Å². The molecule has 0 saturated carbocycles. The van der Waals surface area contributed by atoms with Crippen LogP contribution in [0, 0.1) is 5.82 Å². The Hall–Kier alpha value is -2.97. The maximum atomic E-state index is 14.4. The van der Waals surface area contributed by atoms with Crippen molar-refractivity contribution in [2.24, 2.45) is 0 Å². The molecule has 0 atom stereocenters. The van der Waals surface area contributed by atoms with Gasteiger partial charge in [0.15, 0.2) is 11.0 Å². The van der Waals surface area contributed by atoms with Crippen LogP contribution < -0.4 is 5.32 Å². The number of nitrogens with zero attached hydrogens (tertiary/aromatic N) is 3. The van der Waals surface area contributed by atoms with Crippen LogP contribution in [0.2, 0.25) is 0 Å². The maximum Gasteiger partial charge on any atom is 0.230 e. The van der Waals surface area contributed by atoms with Crippen molar-refractivity contribution in [2.45, 2.75) is 24.7 Å². The molecule has 4 rings (SSSR count). The van der Waals surface area contributed by atoms with E-state index in [9.17, 15) is 9.18 Å². The molecular formula is C23H21FN4OS2. The minimum atomic E-state index is -0.346. The fourth-order valence-electron chi connectivity index (χ4n) is 3.10. The molecule has 0 saturated heterocycles. The van der Waals surface area contributed by atoms with E-state index in [0.29, 0.717) is 29.6 Å². The zero-order valence-corrected chi connectivity index (χ0v) is 18.3. The molecule has 0 fully saturated rings. The van der Waals surface area contributed by atoms with Gasteiger partial charge in [-0.15, -0.1) is 21.5 Å². The third-order valence-electron chi connectivity index (χ3n) is 4.67. The summed E-state index contributed by atoms with van der Waals surface area (Å²) in [7, 11) is 0. The van der Waals surface area contributed by atoms with E-state index in [2.05, 4.69) is 27.6 Å². The summed E-state index contributed by atoms with van der Waals surface area (Å²) >= 11 is 2.91. The number of aryl methyl sites for hydroxylation is 1. The van der Waals surface area contributed by atoms with Crippen LogP contribution in [-0.2, 0) is 24.3 Å². The standard InChI is InChI=1S/C23H21FN4OS2/c24-20-11-5-4-10-19(20)22-26-27-23(28(22)13-12-17-7-2-1-3-8-17)31-16-21(29)25-15-18-9-6-14-30-18/h1-11,14H,12-13,15-16H2,(H,25,29). The molecular weight excluding hydrogens is 431 g/mol. The van der Waals surface area contributed by atoms with Crippen molar-refractivity contribution in [2.75, 3.05) is 5.75 Å². The van der Waals surface area contributed by atoms with Gasteiger partial charge in [0.25, 0.3) is 0 Å². The predicted molar refractivity (Wildman–Crippen MR) is 122 cm³/mol. The summed E-state index contributed by atoms with van der Waals surface area (Å²) in [5.41, 5.74) is 1.57. The van der Waals surface area contributed by atoms with Gasteiger partial charge in [-0.3, -0.25) is 4.79 Å². The van der Waals surface area contributed by atoms with E-state index in [-0.39, 0.29) is 17.5 Å². The minimum absolute atomic E-state index is 0.0801. The molecule has 0 aliphatic heterocycles. The number of carbonyl (C=O) groups is 1. The lowest BCUT2D eigenvalue weighted by Gasteiger charge is -2.11. The molecule has 0 unspecified atom stereocenters. The molecule has 5 nitrogen and oxygen atoms in total. The Bertz CT molecular complexity index is 1130. The second kappa shape index (κ2) is 10.4. The Labute approximate surface area is 188 Å². The molecule has 31 heavy (non-hydrogen) atoms. The molecule has 2 heterocycles. The highest BCUT2D eigenvalue weighted by atomic mass is 32.2. The van der Waals surface area contributed by atoms with Gasteiger partial charge < -0.3 is 9.88 Å². The quantitative estimate of drug-likeness (QED) is 0.371. The summed E-state index contributed by atoms with van der Waals surface area (Å²) in [6.45, 7) is 1.10. The lowest BCUT2D eigenvalue weighted by molar-refractivity contribution is -0.118. The van der Waals surface area contributed by atoms with Crippen LogP contribution in [0.4, 0.5) is 4.39 Å². The Morgan fingerprint density at radius 1 is 1.03 bits per heavy atom. The van der Waals surface area contributed by atoms with Gasteiger partial charge in [-0.1, -0.05) is 60.3 Å². The van der Waals surface area contributed by atoms with Gasteiger partial charge in [-0.05, 0) is 35.6 Å². The van der Waals surface area contributed by atoms with Crippen LogP contribution in [0.5, 0.6) is 0 Å². The van der Waals surface area contributed by atoms with Gasteiger partial charge in [0.1, 0.15) is 5.82 Å². The summed E-state index contributed by atoms with van der Waals surface area (Å²) in [6.07, 6.45) is 0.748. The average Bonchev–Trinajstić information content (AvgIpc) is 3.46. The van der Waals surface area contributed by atoms with Gasteiger partial charge in [-0.2, -0.15) is 0 Å². The molecule has 1 N–H and O–H groups in total. The van der Waals surface area contributed by atoms with Crippen molar-refractivity contribution < 1.29 is 9.18 Å². The predicted octanol–water partition coefficient (Wildman–Crippen LogP) is 4.80. The van der Waals surface area contributed by atoms with E-state index < -0.39 is 0 Å². The van der Waals surface area contributed by atoms with Crippen LogP contribution in [0.1, 0.15) is 10.4 Å². The molecule has 2 aromatic heterocycles. The second-order valence-electron chi connectivity index (χ2n) is 6.82. The largest absolute Gasteiger partial charge is 0.350 e. The number of amides is 1. The molecule has 4 aromatic rings. The number of nitrogens with one attached hydrogen (secondary N) is 1. The topological polar surface area (TPSA) is 59.8 Å². The summed E-state index contributed by atoms with van der Waals surface area (Å²) < 4.78 is 16.3. The minimum Gasteiger partial charge on any atom is -0.350 e. The summed E-state index contributed by atoms with van der Waals surface area (Å²) in [4.78, 5) is 13.4. The SMILES string of the molecule is O=C(CSc1nnc(-c2ccccc2F)n1CCc1ccccc1)NCc1cccs1. The fraction of sp³-hybridized carbons (Fsp3) is 0.174. The normalized spacial score (nSPS) is 10.9. The van der Waals surface area contributed by atoms with Gasteiger partial charge in [0.2, 0.25) is 5.91 Å². The molecule has 158 valence electrons. The zero-order chi connectivity index (χ0) is 21.5. The number of rotatable bonds is 9. The van der Waals surface area contributed by atoms with Crippen molar-refractivity contribution in [1.82, 2.24) is 20.1 Å². The number of hydrogen-bond acceptors (Lipinski definition) is 5. The van der Waals surface area contributed by atoms with Crippen LogP contribution >= 0.6 is 23.1 Å². The number of thioether (sulfide) groups is 1. The Balaban J connectivity index is 1.49. The van der Waals surface area contributed by atoms with Gasteiger partial charge in [-0.25, -0.2) is 4.39 Å². The monoisotopic (exact) mass is 452 g/mol. The van der Waals surface area contributed by atoms with Gasteiger partial charge >= 0.3 is 0 Å². The Morgan fingerprint density at radius 2 is 1.84 bits per heavy atom. The number of halogens is 1. The van der Waals surface area contributed by atoms with Crippen LogP contribution in [-0.4, -0.2) is 26.4 Å². The highest BCUT2D eigenvalue weighted by Gasteiger charge is 2.18. The van der Waals surface area contributed by atoms with Crippen LogP contribution in [0.15, 0.2) is 77.3 Å². The first-order valence-electron chi connectivity index (χ1n) is 9.84. The van der Waals surface area contributed by atoms with E-state index in [1.165, 1.54) is 23.4 Å². The highest BCUT2D eigenvalue weighted by Crippen LogP contribution is 2.26. The van der Waals surface area contributed by atoms with E-state index in [0.717, 1.165) is 11.3 Å². The molecule has 0 radical (unpaired) electrons. The lowest BCUT2D eigenvalue weighted by atomic mass is 10.1. The molecule has 0 spiro atoms. The molecule has 8 heteroatoms. The zero-order valence-electron chi connectivity index (χ0n) is 16.7. The summed E-state index contributed by atoms with van der Waals surface area (Å²) in [6, 6.07) is 20.5. The van der Waals surface area contributed by atoms with Gasteiger partial charge in [0, 0.05) is 11.4 Å². The number of thiophene rings is 1. The Kier molecular flexibility index (Phi) is 7.11. The molecule has 0 aliphatic rings. The van der Waals surface area contributed by atoms with Crippen molar-refractivity contribution >= 4 is 29.0 Å².